The van der Waals surface area contributed by atoms with Crippen LogP contribution < -0.4 is 0 Å². The second-order valence-electron chi connectivity index (χ2n) is 9.52. The fraction of sp³-hybridized carbons (Fsp3) is 1.00. The minimum Gasteiger partial charge on any atom is -0.393 e. The van der Waals surface area contributed by atoms with E-state index in [4.69, 9.17) is 5.53 Å². The average molecular weight is 317 g/mol. The monoisotopic (exact) mass is 317 g/mol. The molecule has 4 aliphatic carbocycles. The second-order valence-corrected chi connectivity index (χ2v) is 9.52. The van der Waals surface area contributed by atoms with Crippen molar-refractivity contribution in [3.05, 3.63) is 10.4 Å². The number of azide groups is 1. The van der Waals surface area contributed by atoms with Crippen molar-refractivity contribution >= 4 is 0 Å². The number of fused-ring (bicyclic) bond motifs is 5. The summed E-state index contributed by atoms with van der Waals surface area (Å²) in [6.45, 7) is 5.00. The van der Waals surface area contributed by atoms with Gasteiger partial charge in [0.15, 0.2) is 0 Å². The van der Waals surface area contributed by atoms with Gasteiger partial charge in [-0.3, -0.25) is 0 Å². The summed E-state index contributed by atoms with van der Waals surface area (Å²) in [7, 11) is 0. The molecule has 0 amide bonds. The molecule has 0 heterocycles. The van der Waals surface area contributed by atoms with Gasteiger partial charge in [-0.1, -0.05) is 25.4 Å². The van der Waals surface area contributed by atoms with Crippen LogP contribution in [-0.2, 0) is 0 Å². The lowest BCUT2D eigenvalue weighted by Crippen LogP contribution is -2.55. The summed E-state index contributed by atoms with van der Waals surface area (Å²) in [6.07, 6.45) is 11.0. The third-order valence-corrected chi connectivity index (χ3v) is 8.67. The van der Waals surface area contributed by atoms with Gasteiger partial charge >= 0.3 is 0 Å². The van der Waals surface area contributed by atoms with Crippen LogP contribution in [0.25, 0.3) is 10.4 Å². The molecule has 4 rings (SSSR count). The summed E-state index contributed by atoms with van der Waals surface area (Å²) in [4.78, 5) is 3.01. The van der Waals surface area contributed by atoms with Crippen LogP contribution in [0.3, 0.4) is 0 Å². The van der Waals surface area contributed by atoms with Crippen molar-refractivity contribution in [1.29, 1.82) is 0 Å². The molecule has 0 aromatic heterocycles. The standard InChI is InChI=1S/C19H31N3O/c1-18-8-3-4-14(18)13-6-5-12-10-17(23)16(21-22-20)11-19(12,2)15(13)7-9-18/h12-17,23H,3-11H2,1-2H3/t12-,13-,14-,15-,16+,17+,18-,19-/m0/s1. The van der Waals surface area contributed by atoms with Gasteiger partial charge in [0.1, 0.15) is 0 Å². The predicted molar refractivity (Wildman–Crippen MR) is 90.7 cm³/mol. The van der Waals surface area contributed by atoms with Crippen molar-refractivity contribution in [2.45, 2.75) is 83.8 Å². The lowest BCUT2D eigenvalue weighted by atomic mass is 9.45. The maximum Gasteiger partial charge on any atom is 0.0639 e. The highest BCUT2D eigenvalue weighted by atomic mass is 16.3. The van der Waals surface area contributed by atoms with E-state index in [0.29, 0.717) is 11.3 Å². The average Bonchev–Trinajstić information content (AvgIpc) is 2.91. The Morgan fingerprint density at radius 2 is 1.91 bits per heavy atom. The van der Waals surface area contributed by atoms with Crippen LogP contribution in [0, 0.1) is 34.5 Å². The van der Waals surface area contributed by atoms with Crippen LogP contribution in [0.1, 0.15) is 71.6 Å². The van der Waals surface area contributed by atoms with E-state index in [2.05, 4.69) is 23.9 Å². The molecule has 23 heavy (non-hydrogen) atoms. The number of hydrogen-bond donors (Lipinski definition) is 1. The second kappa shape index (κ2) is 5.39. The summed E-state index contributed by atoms with van der Waals surface area (Å²) < 4.78 is 0. The Morgan fingerprint density at radius 1 is 1.09 bits per heavy atom. The zero-order valence-electron chi connectivity index (χ0n) is 14.6. The quantitative estimate of drug-likeness (QED) is 0.409. The Labute approximate surface area is 139 Å². The number of nitrogens with zero attached hydrogens (tertiary/aromatic N) is 3. The Hall–Kier alpha value is -0.730. The Bertz CT molecular complexity index is 531. The smallest absolute Gasteiger partial charge is 0.0639 e. The van der Waals surface area contributed by atoms with Gasteiger partial charge in [0, 0.05) is 4.91 Å². The third kappa shape index (κ3) is 2.25. The zero-order valence-corrected chi connectivity index (χ0v) is 14.6. The SMILES string of the molecule is C[C@@]12CCC[C@H]1[C@@H]1CC[C@H]3C[C@@H](O)[C@H](N=[N+]=[N-])C[C@]3(C)[C@H]1CC2. The van der Waals surface area contributed by atoms with Gasteiger partial charge in [-0.15, -0.1) is 0 Å². The largest absolute Gasteiger partial charge is 0.393 e. The van der Waals surface area contributed by atoms with E-state index in [9.17, 15) is 5.11 Å². The number of aliphatic hydroxyl groups excluding tert-OH is 1. The molecule has 0 bridgehead atoms. The summed E-state index contributed by atoms with van der Waals surface area (Å²) in [5, 5.41) is 14.3. The number of aliphatic hydroxyl groups is 1. The van der Waals surface area contributed by atoms with Crippen LogP contribution in [0.5, 0.6) is 0 Å². The Balaban J connectivity index is 1.63. The molecule has 1 N–H and O–H groups in total. The van der Waals surface area contributed by atoms with Crippen molar-refractivity contribution in [3.8, 4) is 0 Å². The molecule has 8 atom stereocenters. The van der Waals surface area contributed by atoms with Crippen LogP contribution in [0.4, 0.5) is 0 Å². The topological polar surface area (TPSA) is 69.0 Å². The molecule has 0 saturated heterocycles. The summed E-state index contributed by atoms with van der Waals surface area (Å²) in [5.74, 6) is 3.19. The first-order valence-electron chi connectivity index (χ1n) is 9.70. The summed E-state index contributed by atoms with van der Waals surface area (Å²) in [5.41, 5.74) is 9.72. The molecule has 0 aromatic carbocycles. The van der Waals surface area contributed by atoms with Gasteiger partial charge in [0.2, 0.25) is 0 Å². The van der Waals surface area contributed by atoms with Gasteiger partial charge < -0.3 is 5.11 Å². The molecule has 0 spiro atoms. The highest BCUT2D eigenvalue weighted by Crippen LogP contribution is 2.66. The molecule has 0 aromatic rings. The Morgan fingerprint density at radius 3 is 2.70 bits per heavy atom. The van der Waals surface area contributed by atoms with E-state index in [0.717, 1.165) is 30.6 Å². The maximum absolute atomic E-state index is 10.4. The van der Waals surface area contributed by atoms with Crippen molar-refractivity contribution < 1.29 is 5.11 Å². The normalized spacial score (nSPS) is 55.3. The molecule has 0 aliphatic heterocycles. The van der Waals surface area contributed by atoms with Gasteiger partial charge in [0.25, 0.3) is 0 Å². The first-order valence-corrected chi connectivity index (χ1v) is 9.70. The van der Waals surface area contributed by atoms with Crippen molar-refractivity contribution in [2.24, 2.45) is 39.6 Å². The van der Waals surface area contributed by atoms with Crippen molar-refractivity contribution in [2.75, 3.05) is 0 Å². The van der Waals surface area contributed by atoms with E-state index in [1.165, 1.54) is 44.9 Å². The van der Waals surface area contributed by atoms with Gasteiger partial charge in [-0.05, 0) is 91.4 Å². The highest BCUT2D eigenvalue weighted by Gasteiger charge is 2.58. The molecule has 0 unspecified atom stereocenters. The fourth-order valence-electron chi connectivity index (χ4n) is 7.45. The molecule has 4 heteroatoms. The number of rotatable bonds is 1. The van der Waals surface area contributed by atoms with E-state index in [1.54, 1.807) is 0 Å². The zero-order chi connectivity index (χ0) is 16.2. The first kappa shape index (κ1) is 15.8. The van der Waals surface area contributed by atoms with Crippen LogP contribution in [-0.4, -0.2) is 17.3 Å². The van der Waals surface area contributed by atoms with E-state index < -0.39 is 6.10 Å². The van der Waals surface area contributed by atoms with E-state index >= 15 is 0 Å². The predicted octanol–water partition coefficient (Wildman–Crippen LogP) is 5.07. The first-order chi connectivity index (χ1) is 11.0. The minimum absolute atomic E-state index is 0.211. The molecule has 4 aliphatic rings. The number of hydrogen-bond acceptors (Lipinski definition) is 2. The van der Waals surface area contributed by atoms with Crippen LogP contribution >= 0.6 is 0 Å². The molecule has 0 radical (unpaired) electrons. The molecule has 4 fully saturated rings. The molecule has 128 valence electrons. The van der Waals surface area contributed by atoms with Crippen LogP contribution in [0.2, 0.25) is 0 Å². The van der Waals surface area contributed by atoms with Gasteiger partial charge in [-0.25, -0.2) is 0 Å². The Kier molecular flexibility index (Phi) is 3.70. The third-order valence-electron chi connectivity index (χ3n) is 8.67. The fourth-order valence-corrected chi connectivity index (χ4v) is 7.45. The van der Waals surface area contributed by atoms with E-state index in [1.807, 2.05) is 0 Å². The van der Waals surface area contributed by atoms with Gasteiger partial charge in [0.05, 0.1) is 12.1 Å². The van der Waals surface area contributed by atoms with Crippen molar-refractivity contribution in [3.63, 3.8) is 0 Å². The summed E-state index contributed by atoms with van der Waals surface area (Å²) in [6, 6.07) is -0.211. The lowest BCUT2D eigenvalue weighted by molar-refractivity contribution is -0.126. The lowest BCUT2D eigenvalue weighted by Gasteiger charge is -2.61. The molecular weight excluding hydrogens is 286 g/mol. The van der Waals surface area contributed by atoms with Crippen LogP contribution in [0.15, 0.2) is 5.11 Å². The van der Waals surface area contributed by atoms with Gasteiger partial charge in [-0.2, -0.15) is 0 Å². The van der Waals surface area contributed by atoms with E-state index in [-0.39, 0.29) is 11.5 Å². The minimum atomic E-state index is -0.430. The summed E-state index contributed by atoms with van der Waals surface area (Å²) >= 11 is 0. The molecule has 4 saturated carbocycles. The molecular formula is C19H31N3O. The maximum atomic E-state index is 10.4. The molecule has 4 nitrogen and oxygen atoms in total. The highest BCUT2D eigenvalue weighted by molar-refractivity contribution is 5.09. The van der Waals surface area contributed by atoms with Crippen molar-refractivity contribution in [1.82, 2.24) is 0 Å².